The van der Waals surface area contributed by atoms with E-state index in [9.17, 15) is 9.90 Å². The fraction of sp³-hybridized carbons (Fsp3) is 0.562. The lowest BCUT2D eigenvalue weighted by atomic mass is 9.95. The Labute approximate surface area is 120 Å². The lowest BCUT2D eigenvalue weighted by Crippen LogP contribution is -2.42. The van der Waals surface area contributed by atoms with E-state index in [2.05, 4.69) is 10.2 Å². The lowest BCUT2D eigenvalue weighted by Gasteiger charge is -2.31. The Bertz CT molecular complexity index is 452. The Balaban J connectivity index is 1.81. The maximum atomic E-state index is 12.0. The monoisotopic (exact) mass is 276 g/mol. The second kappa shape index (κ2) is 6.75. The molecule has 1 aliphatic rings. The number of carbonyl (C=O) groups excluding carboxylic acids is 1. The number of rotatable bonds is 4. The summed E-state index contributed by atoms with van der Waals surface area (Å²) in [7, 11) is 0. The van der Waals surface area contributed by atoms with E-state index >= 15 is 0 Å². The molecular formula is C16H24N2O2. The molecule has 2 N–H and O–H groups in total. The molecule has 2 rings (SSSR count). The van der Waals surface area contributed by atoms with Gasteiger partial charge in [-0.15, -0.1) is 0 Å². The smallest absolute Gasteiger partial charge is 0.223 e. The first-order chi connectivity index (χ1) is 9.54. The SMILES string of the molecule is CC(C)NC(=O)C1CCN(Cc2cccc(O)c2)CC1. The molecule has 1 fully saturated rings. The first kappa shape index (κ1) is 14.9. The number of carbonyl (C=O) groups is 1. The van der Waals surface area contributed by atoms with Crippen molar-refractivity contribution in [3.05, 3.63) is 29.8 Å². The number of phenolic OH excluding ortho intramolecular Hbond substituents is 1. The van der Waals surface area contributed by atoms with Crippen LogP contribution < -0.4 is 5.32 Å². The summed E-state index contributed by atoms with van der Waals surface area (Å²) in [6, 6.07) is 7.60. The van der Waals surface area contributed by atoms with Gasteiger partial charge in [-0.05, 0) is 57.5 Å². The van der Waals surface area contributed by atoms with Crippen molar-refractivity contribution in [1.29, 1.82) is 0 Å². The van der Waals surface area contributed by atoms with E-state index in [-0.39, 0.29) is 17.9 Å². The number of aromatic hydroxyl groups is 1. The third kappa shape index (κ3) is 4.23. The molecule has 0 atom stereocenters. The topological polar surface area (TPSA) is 52.6 Å². The predicted octanol–water partition coefficient (Wildman–Crippen LogP) is 2.13. The van der Waals surface area contributed by atoms with Gasteiger partial charge >= 0.3 is 0 Å². The molecule has 0 saturated carbocycles. The highest BCUT2D eigenvalue weighted by atomic mass is 16.3. The van der Waals surface area contributed by atoms with Gasteiger partial charge in [-0.25, -0.2) is 0 Å². The van der Waals surface area contributed by atoms with Crippen molar-refractivity contribution in [3.63, 3.8) is 0 Å². The van der Waals surface area contributed by atoms with Crippen molar-refractivity contribution in [1.82, 2.24) is 10.2 Å². The molecule has 0 radical (unpaired) electrons. The highest BCUT2D eigenvalue weighted by Gasteiger charge is 2.25. The minimum Gasteiger partial charge on any atom is -0.508 e. The number of hydrogen-bond donors (Lipinski definition) is 2. The van der Waals surface area contributed by atoms with Crippen LogP contribution in [0.4, 0.5) is 0 Å². The van der Waals surface area contributed by atoms with Gasteiger partial charge in [0.05, 0.1) is 0 Å². The van der Waals surface area contributed by atoms with Gasteiger partial charge in [-0.1, -0.05) is 12.1 Å². The maximum absolute atomic E-state index is 12.0. The average molecular weight is 276 g/mol. The van der Waals surface area contributed by atoms with Crippen LogP contribution in [0.1, 0.15) is 32.3 Å². The second-order valence-corrected chi connectivity index (χ2v) is 5.88. The van der Waals surface area contributed by atoms with Crippen molar-refractivity contribution in [2.75, 3.05) is 13.1 Å². The molecule has 1 amide bonds. The number of amides is 1. The quantitative estimate of drug-likeness (QED) is 0.886. The molecule has 0 spiro atoms. The molecule has 1 aromatic carbocycles. The van der Waals surface area contributed by atoms with E-state index < -0.39 is 0 Å². The summed E-state index contributed by atoms with van der Waals surface area (Å²) in [4.78, 5) is 14.3. The summed E-state index contributed by atoms with van der Waals surface area (Å²) in [5, 5.41) is 12.5. The Hall–Kier alpha value is -1.55. The van der Waals surface area contributed by atoms with Crippen LogP contribution in [0.2, 0.25) is 0 Å². The van der Waals surface area contributed by atoms with Gasteiger partial charge < -0.3 is 10.4 Å². The fourth-order valence-electron chi connectivity index (χ4n) is 2.67. The summed E-state index contributed by atoms with van der Waals surface area (Å²) in [6.07, 6.45) is 1.83. The molecule has 4 heteroatoms. The Morgan fingerprint density at radius 1 is 1.40 bits per heavy atom. The molecule has 0 aromatic heterocycles. The zero-order valence-corrected chi connectivity index (χ0v) is 12.3. The van der Waals surface area contributed by atoms with Crippen molar-refractivity contribution in [2.24, 2.45) is 5.92 Å². The predicted molar refractivity (Wildman–Crippen MR) is 79.4 cm³/mol. The Morgan fingerprint density at radius 2 is 2.10 bits per heavy atom. The molecular weight excluding hydrogens is 252 g/mol. The molecule has 1 aliphatic heterocycles. The van der Waals surface area contributed by atoms with Gasteiger partial charge in [-0.3, -0.25) is 9.69 Å². The van der Waals surface area contributed by atoms with Gasteiger partial charge in [0, 0.05) is 18.5 Å². The van der Waals surface area contributed by atoms with Gasteiger partial charge in [0.15, 0.2) is 0 Å². The fourth-order valence-corrected chi connectivity index (χ4v) is 2.67. The molecule has 1 heterocycles. The summed E-state index contributed by atoms with van der Waals surface area (Å²) >= 11 is 0. The minimum absolute atomic E-state index is 0.151. The van der Waals surface area contributed by atoms with Crippen LogP contribution in [0.3, 0.4) is 0 Å². The van der Waals surface area contributed by atoms with E-state index in [1.165, 1.54) is 0 Å². The number of hydrogen-bond acceptors (Lipinski definition) is 3. The zero-order chi connectivity index (χ0) is 14.5. The third-order valence-corrected chi connectivity index (χ3v) is 3.71. The summed E-state index contributed by atoms with van der Waals surface area (Å²) in [5.74, 6) is 0.656. The van der Waals surface area contributed by atoms with Crippen LogP contribution in [0.15, 0.2) is 24.3 Å². The first-order valence-electron chi connectivity index (χ1n) is 7.35. The van der Waals surface area contributed by atoms with Gasteiger partial charge in [-0.2, -0.15) is 0 Å². The van der Waals surface area contributed by atoms with E-state index in [1.807, 2.05) is 26.0 Å². The zero-order valence-electron chi connectivity index (χ0n) is 12.3. The van der Waals surface area contributed by atoms with Gasteiger partial charge in [0.2, 0.25) is 5.91 Å². The largest absolute Gasteiger partial charge is 0.508 e. The number of nitrogens with one attached hydrogen (secondary N) is 1. The van der Waals surface area contributed by atoms with Crippen LogP contribution in [0, 0.1) is 5.92 Å². The van der Waals surface area contributed by atoms with E-state index in [1.54, 1.807) is 12.1 Å². The molecule has 0 aliphatic carbocycles. The normalized spacial score (nSPS) is 17.4. The summed E-state index contributed by atoms with van der Waals surface area (Å²) < 4.78 is 0. The molecule has 20 heavy (non-hydrogen) atoms. The maximum Gasteiger partial charge on any atom is 0.223 e. The van der Waals surface area contributed by atoms with Crippen molar-refractivity contribution in [2.45, 2.75) is 39.3 Å². The number of benzene rings is 1. The van der Waals surface area contributed by atoms with Crippen molar-refractivity contribution in [3.8, 4) is 5.75 Å². The average Bonchev–Trinajstić information content (AvgIpc) is 2.38. The second-order valence-electron chi connectivity index (χ2n) is 5.88. The first-order valence-corrected chi connectivity index (χ1v) is 7.35. The summed E-state index contributed by atoms with van der Waals surface area (Å²) in [5.41, 5.74) is 1.12. The van der Waals surface area contributed by atoms with Crippen molar-refractivity contribution >= 4 is 5.91 Å². The lowest BCUT2D eigenvalue weighted by molar-refractivity contribution is -0.127. The minimum atomic E-state index is 0.151. The number of likely N-dealkylation sites (tertiary alicyclic amines) is 1. The van der Waals surface area contributed by atoms with Crippen LogP contribution >= 0.6 is 0 Å². The summed E-state index contributed by atoms with van der Waals surface area (Å²) in [6.45, 7) is 6.70. The Morgan fingerprint density at radius 3 is 2.70 bits per heavy atom. The third-order valence-electron chi connectivity index (χ3n) is 3.71. The van der Waals surface area contributed by atoms with Crippen LogP contribution in [-0.2, 0) is 11.3 Å². The standard InChI is InChI=1S/C16H24N2O2/c1-12(2)17-16(20)14-6-8-18(9-7-14)11-13-4-3-5-15(19)10-13/h3-5,10,12,14,19H,6-9,11H2,1-2H3,(H,17,20). The number of piperidine rings is 1. The molecule has 1 saturated heterocycles. The van der Waals surface area contributed by atoms with Crippen LogP contribution in [0.25, 0.3) is 0 Å². The molecule has 0 unspecified atom stereocenters. The van der Waals surface area contributed by atoms with E-state index in [0.29, 0.717) is 5.75 Å². The van der Waals surface area contributed by atoms with Crippen molar-refractivity contribution < 1.29 is 9.90 Å². The van der Waals surface area contributed by atoms with Crippen LogP contribution in [0.5, 0.6) is 5.75 Å². The van der Waals surface area contributed by atoms with Gasteiger partial charge in [0.1, 0.15) is 5.75 Å². The van der Waals surface area contributed by atoms with Gasteiger partial charge in [0.25, 0.3) is 0 Å². The number of phenols is 1. The molecule has 1 aromatic rings. The highest BCUT2D eigenvalue weighted by Crippen LogP contribution is 2.20. The molecule has 110 valence electrons. The van der Waals surface area contributed by atoms with E-state index in [0.717, 1.165) is 38.0 Å². The molecule has 0 bridgehead atoms. The highest BCUT2D eigenvalue weighted by molar-refractivity contribution is 5.78. The van der Waals surface area contributed by atoms with Crippen LogP contribution in [-0.4, -0.2) is 35.0 Å². The Kier molecular flexibility index (Phi) is 5.01. The van der Waals surface area contributed by atoms with E-state index in [4.69, 9.17) is 0 Å². The number of nitrogens with zero attached hydrogens (tertiary/aromatic N) is 1. The molecule has 4 nitrogen and oxygen atoms in total.